The maximum absolute atomic E-state index is 13.2. The quantitative estimate of drug-likeness (QED) is 0.277. The summed E-state index contributed by atoms with van der Waals surface area (Å²) in [5.74, 6) is 0.0633. The van der Waals surface area contributed by atoms with Gasteiger partial charge in [-0.1, -0.05) is 6.07 Å². The van der Waals surface area contributed by atoms with Crippen LogP contribution in [0.2, 0.25) is 0 Å². The zero-order valence-corrected chi connectivity index (χ0v) is 26.3. The molecule has 1 saturated carbocycles. The van der Waals surface area contributed by atoms with E-state index in [1.165, 1.54) is 64.1 Å². The summed E-state index contributed by atoms with van der Waals surface area (Å²) in [6.45, 7) is 8.78. The number of piperidine rings is 2. The number of carbonyl (C=O) groups is 1. The number of nitrogens with zero attached hydrogens (tertiary/aromatic N) is 4. The maximum Gasteiger partial charge on any atom is 0.433 e. The number of pyridine rings is 1. The van der Waals surface area contributed by atoms with Crippen LogP contribution in [0, 0.1) is 11.3 Å². The molecule has 3 N–H and O–H groups in total. The fourth-order valence-corrected chi connectivity index (χ4v) is 7.60. The Kier molecular flexibility index (Phi) is 8.97. The number of carbonyl (C=O) groups excluding carboxylic acids is 1. The van der Waals surface area contributed by atoms with Crippen molar-refractivity contribution in [3.05, 3.63) is 53.5 Å². The van der Waals surface area contributed by atoms with E-state index in [4.69, 9.17) is 5.10 Å². The third-order valence-electron chi connectivity index (χ3n) is 10.5. The summed E-state index contributed by atoms with van der Waals surface area (Å²) in [7, 11) is 0. The Hall–Kier alpha value is -3.02. The van der Waals surface area contributed by atoms with Crippen LogP contribution in [0.3, 0.4) is 0 Å². The number of alkyl halides is 3. The third-order valence-corrected chi connectivity index (χ3v) is 10.5. The smallest absolute Gasteiger partial charge is 0.386 e. The Balaban J connectivity index is 1.08. The van der Waals surface area contributed by atoms with Crippen molar-refractivity contribution in [3.8, 4) is 0 Å². The molecule has 11 heteroatoms. The lowest BCUT2D eigenvalue weighted by Gasteiger charge is -2.43. The van der Waals surface area contributed by atoms with Gasteiger partial charge in [0, 0.05) is 35.9 Å². The van der Waals surface area contributed by atoms with Crippen LogP contribution < -0.4 is 10.6 Å². The van der Waals surface area contributed by atoms with Crippen LogP contribution >= 0.6 is 0 Å². The number of aromatic nitrogens is 3. The zero-order chi connectivity index (χ0) is 31.8. The van der Waals surface area contributed by atoms with Crippen LogP contribution in [0.15, 0.2) is 36.5 Å². The lowest BCUT2D eigenvalue weighted by molar-refractivity contribution is -0.141. The summed E-state index contributed by atoms with van der Waals surface area (Å²) in [5.41, 5.74) is -0.795. The van der Waals surface area contributed by atoms with Gasteiger partial charge in [-0.25, -0.2) is 4.98 Å². The van der Waals surface area contributed by atoms with Crippen molar-refractivity contribution in [1.82, 2.24) is 25.0 Å². The molecule has 0 atom stereocenters. The molecule has 4 heterocycles. The molecule has 3 aromatic rings. The van der Waals surface area contributed by atoms with Crippen LogP contribution in [-0.2, 0) is 11.8 Å². The average molecular weight is 627 g/mol. The van der Waals surface area contributed by atoms with Crippen molar-refractivity contribution in [2.75, 3.05) is 38.0 Å². The molecule has 0 unspecified atom stereocenters. The van der Waals surface area contributed by atoms with Gasteiger partial charge in [0.05, 0.1) is 17.2 Å². The molecule has 1 aromatic carbocycles. The first-order valence-electron chi connectivity index (χ1n) is 16.4. The summed E-state index contributed by atoms with van der Waals surface area (Å²) in [5, 5.41) is 22.7. The van der Waals surface area contributed by atoms with Gasteiger partial charge in [0.15, 0.2) is 0 Å². The van der Waals surface area contributed by atoms with Gasteiger partial charge in [-0.05, 0) is 127 Å². The fourth-order valence-electron chi connectivity index (χ4n) is 7.60. The molecule has 2 saturated heterocycles. The summed E-state index contributed by atoms with van der Waals surface area (Å²) in [4.78, 5) is 19.1. The van der Waals surface area contributed by atoms with Crippen molar-refractivity contribution in [1.29, 1.82) is 0 Å². The van der Waals surface area contributed by atoms with Gasteiger partial charge in [-0.15, -0.1) is 0 Å². The molecule has 1 spiro atoms. The molecule has 45 heavy (non-hydrogen) atoms. The minimum Gasteiger partial charge on any atom is -0.386 e. The standard InChI is InChI=1S/C34H45F3N6O2/c1-32(2,45)26-21-28-24(20-29(26)40-31(44)27-4-3-5-30(39-27)34(35,36)37)22-43(41-28)25-9-18-42(19-10-25)17-8-23-6-11-33(12-7-23)13-15-38-16-14-33/h3-5,20-23,25,38,45H,6-19H2,1-2H3,(H,40,44). The van der Waals surface area contributed by atoms with Gasteiger partial charge >= 0.3 is 6.18 Å². The first kappa shape index (κ1) is 31.9. The third kappa shape index (κ3) is 7.36. The van der Waals surface area contributed by atoms with Crippen LogP contribution in [0.5, 0.6) is 0 Å². The normalized spacial score (nSPS) is 20.6. The number of anilines is 1. The van der Waals surface area contributed by atoms with Crippen LogP contribution in [0.25, 0.3) is 10.9 Å². The molecular weight excluding hydrogens is 581 g/mol. The first-order chi connectivity index (χ1) is 21.4. The number of nitrogens with one attached hydrogen (secondary N) is 2. The van der Waals surface area contributed by atoms with Crippen molar-refractivity contribution in [3.63, 3.8) is 0 Å². The van der Waals surface area contributed by atoms with E-state index >= 15 is 0 Å². The molecule has 1 amide bonds. The van der Waals surface area contributed by atoms with Crippen molar-refractivity contribution in [2.24, 2.45) is 11.3 Å². The number of halogens is 3. The number of amides is 1. The Bertz CT molecular complexity index is 1490. The molecule has 3 aliphatic rings. The van der Waals surface area contributed by atoms with E-state index in [-0.39, 0.29) is 11.7 Å². The number of hydrogen-bond donors (Lipinski definition) is 3. The largest absolute Gasteiger partial charge is 0.433 e. The Labute approximate surface area is 262 Å². The number of rotatable bonds is 7. The molecule has 0 radical (unpaired) electrons. The minimum atomic E-state index is -4.66. The molecule has 0 bridgehead atoms. The number of likely N-dealkylation sites (tertiary alicyclic amines) is 1. The average Bonchev–Trinajstić information content (AvgIpc) is 3.43. The predicted octanol–water partition coefficient (Wildman–Crippen LogP) is 6.52. The second-order valence-electron chi connectivity index (χ2n) is 14.0. The van der Waals surface area contributed by atoms with E-state index in [2.05, 4.69) is 20.5 Å². The van der Waals surface area contributed by atoms with Gasteiger partial charge in [-0.3, -0.25) is 9.48 Å². The maximum atomic E-state index is 13.2. The van der Waals surface area contributed by atoms with Gasteiger partial charge < -0.3 is 20.6 Å². The van der Waals surface area contributed by atoms with Crippen molar-refractivity contribution >= 4 is 22.5 Å². The number of hydrogen-bond acceptors (Lipinski definition) is 6. The summed E-state index contributed by atoms with van der Waals surface area (Å²) in [6.07, 6.45) is 8.83. The summed E-state index contributed by atoms with van der Waals surface area (Å²) < 4.78 is 41.5. The monoisotopic (exact) mass is 626 g/mol. The highest BCUT2D eigenvalue weighted by atomic mass is 19.4. The zero-order valence-electron chi connectivity index (χ0n) is 26.3. The molecular formula is C34H45F3N6O2. The van der Waals surface area contributed by atoms with Crippen molar-refractivity contribution < 1.29 is 23.1 Å². The van der Waals surface area contributed by atoms with Crippen LogP contribution in [0.1, 0.15) is 99.4 Å². The van der Waals surface area contributed by atoms with E-state index in [1.54, 1.807) is 26.0 Å². The van der Waals surface area contributed by atoms with Gasteiger partial charge in [0.2, 0.25) is 0 Å². The number of benzene rings is 1. The SMILES string of the molecule is CC(C)(O)c1cc2nn(C3CCN(CCC4CCC5(CCNCC5)CC4)CC3)cc2cc1NC(=O)c1cccc(C(F)(F)F)n1. The molecule has 1 aliphatic carbocycles. The highest BCUT2D eigenvalue weighted by Crippen LogP contribution is 2.46. The molecule has 2 aromatic heterocycles. The number of fused-ring (bicyclic) bond motifs is 1. The Morgan fingerprint density at radius 3 is 2.44 bits per heavy atom. The summed E-state index contributed by atoms with van der Waals surface area (Å²) >= 11 is 0. The van der Waals surface area contributed by atoms with Gasteiger partial charge in [0.25, 0.3) is 5.91 Å². The fraction of sp³-hybridized carbons (Fsp3) is 0.618. The minimum absolute atomic E-state index is 0.251. The van der Waals surface area contributed by atoms with E-state index in [0.29, 0.717) is 22.2 Å². The molecule has 3 fully saturated rings. The van der Waals surface area contributed by atoms with Crippen LogP contribution in [-0.4, -0.2) is 63.4 Å². The Morgan fingerprint density at radius 1 is 1.07 bits per heavy atom. The van der Waals surface area contributed by atoms with E-state index in [1.807, 2.05) is 10.9 Å². The Morgan fingerprint density at radius 2 is 1.78 bits per heavy atom. The van der Waals surface area contributed by atoms with Gasteiger partial charge in [-0.2, -0.15) is 18.3 Å². The topological polar surface area (TPSA) is 95.3 Å². The lowest BCUT2D eigenvalue weighted by atomic mass is 9.65. The van der Waals surface area contributed by atoms with E-state index in [0.717, 1.165) is 55.9 Å². The number of aliphatic hydroxyl groups is 1. The molecule has 8 nitrogen and oxygen atoms in total. The van der Waals surface area contributed by atoms with Gasteiger partial charge in [0.1, 0.15) is 11.4 Å². The second-order valence-corrected chi connectivity index (χ2v) is 14.0. The predicted molar refractivity (Wildman–Crippen MR) is 168 cm³/mol. The second kappa shape index (κ2) is 12.6. The highest BCUT2D eigenvalue weighted by molar-refractivity contribution is 6.04. The highest BCUT2D eigenvalue weighted by Gasteiger charge is 2.36. The van der Waals surface area contributed by atoms with Crippen molar-refractivity contribution in [2.45, 2.75) is 89.5 Å². The molecule has 244 valence electrons. The lowest BCUT2D eigenvalue weighted by Crippen LogP contribution is -2.40. The summed E-state index contributed by atoms with van der Waals surface area (Å²) in [6, 6.07) is 6.93. The first-order valence-corrected chi connectivity index (χ1v) is 16.4. The molecule has 6 rings (SSSR count). The van der Waals surface area contributed by atoms with Crippen LogP contribution in [0.4, 0.5) is 18.9 Å². The van der Waals surface area contributed by atoms with E-state index in [9.17, 15) is 23.1 Å². The molecule has 2 aliphatic heterocycles. The van der Waals surface area contributed by atoms with E-state index < -0.39 is 23.4 Å².